The van der Waals surface area contributed by atoms with Gasteiger partial charge >= 0.3 is 6.09 Å². The van der Waals surface area contributed by atoms with Crippen LogP contribution in [0.3, 0.4) is 0 Å². The standard InChI is InChI=1S/C35H53NO3/c1-23(2)7-6-8-24(3)30-15-16-31-29-14-11-26-21-28(17-19-34(26,4)32(29)18-20-35(30,31)5)39-33(38)36-27-12-9-25(22-37)10-13-27/h9-13,23-24,28-32,37H,6-8,14-22H2,1-5H3,(H,36,38)/t24-,28?,29?,30-,31?,32?,34+,35-/m1/s1. The topological polar surface area (TPSA) is 58.6 Å². The van der Waals surface area contributed by atoms with Crippen LogP contribution in [0.4, 0.5) is 10.5 Å². The van der Waals surface area contributed by atoms with Crippen LogP contribution in [-0.2, 0) is 11.3 Å². The monoisotopic (exact) mass is 535 g/mol. The molecule has 0 radical (unpaired) electrons. The van der Waals surface area contributed by atoms with Gasteiger partial charge in [-0.2, -0.15) is 0 Å². The smallest absolute Gasteiger partial charge is 0.411 e. The highest BCUT2D eigenvalue weighted by atomic mass is 16.6. The van der Waals surface area contributed by atoms with Crippen LogP contribution in [0.5, 0.6) is 0 Å². The molecular formula is C35H53NO3. The normalized spacial score (nSPS) is 36.4. The summed E-state index contributed by atoms with van der Waals surface area (Å²) in [4.78, 5) is 12.6. The van der Waals surface area contributed by atoms with Crippen LogP contribution in [-0.4, -0.2) is 17.3 Å². The first kappa shape index (κ1) is 28.7. The highest BCUT2D eigenvalue weighted by molar-refractivity contribution is 5.84. The van der Waals surface area contributed by atoms with E-state index in [1.54, 1.807) is 5.57 Å². The van der Waals surface area contributed by atoms with Gasteiger partial charge in [-0.25, -0.2) is 4.79 Å². The molecule has 3 saturated carbocycles. The zero-order valence-corrected chi connectivity index (χ0v) is 25.2. The van der Waals surface area contributed by atoms with Crippen molar-refractivity contribution >= 4 is 11.8 Å². The number of hydrogen-bond acceptors (Lipinski definition) is 3. The zero-order valence-electron chi connectivity index (χ0n) is 25.2. The zero-order chi connectivity index (χ0) is 27.8. The molecule has 1 aromatic carbocycles. The van der Waals surface area contributed by atoms with E-state index in [2.05, 4.69) is 46.0 Å². The number of aliphatic hydroxyl groups is 1. The Morgan fingerprint density at radius 3 is 2.51 bits per heavy atom. The number of rotatable bonds is 8. The molecule has 0 heterocycles. The molecule has 1 amide bonds. The van der Waals surface area contributed by atoms with Crippen LogP contribution in [0, 0.1) is 46.3 Å². The molecule has 0 aromatic heterocycles. The molecule has 0 aliphatic heterocycles. The second-order valence-electron chi connectivity index (χ2n) is 14.5. The molecule has 0 spiro atoms. The molecule has 3 fully saturated rings. The van der Waals surface area contributed by atoms with Crippen molar-refractivity contribution in [2.75, 3.05) is 5.32 Å². The van der Waals surface area contributed by atoms with Gasteiger partial charge in [0.1, 0.15) is 6.10 Å². The Labute approximate surface area is 237 Å². The maximum atomic E-state index is 12.6. The number of fused-ring (bicyclic) bond motifs is 5. The van der Waals surface area contributed by atoms with Crippen molar-refractivity contribution in [3.63, 3.8) is 0 Å². The molecule has 1 aromatic rings. The van der Waals surface area contributed by atoms with E-state index in [-0.39, 0.29) is 24.2 Å². The van der Waals surface area contributed by atoms with Gasteiger partial charge in [-0.05, 0) is 109 Å². The minimum absolute atomic E-state index is 0.000658. The number of aliphatic hydroxyl groups excluding tert-OH is 1. The highest BCUT2D eigenvalue weighted by Gasteiger charge is 2.59. The Hall–Kier alpha value is -1.81. The van der Waals surface area contributed by atoms with Crippen molar-refractivity contribution in [3.8, 4) is 0 Å². The van der Waals surface area contributed by atoms with Crippen LogP contribution >= 0.6 is 0 Å². The number of amides is 1. The fourth-order valence-corrected chi connectivity index (χ4v) is 9.74. The van der Waals surface area contributed by atoms with Crippen molar-refractivity contribution in [1.82, 2.24) is 0 Å². The van der Waals surface area contributed by atoms with E-state index in [1.807, 2.05) is 24.3 Å². The third kappa shape index (κ3) is 5.69. The summed E-state index contributed by atoms with van der Waals surface area (Å²) in [6.07, 6.45) is 16.2. The first-order chi connectivity index (χ1) is 18.6. The molecule has 4 nitrogen and oxygen atoms in total. The Morgan fingerprint density at radius 2 is 1.79 bits per heavy atom. The molecule has 8 atom stereocenters. The van der Waals surface area contributed by atoms with E-state index in [4.69, 9.17) is 4.74 Å². The van der Waals surface area contributed by atoms with Crippen LogP contribution < -0.4 is 5.32 Å². The predicted octanol–water partition coefficient (Wildman–Crippen LogP) is 9.14. The highest BCUT2D eigenvalue weighted by Crippen LogP contribution is 2.67. The van der Waals surface area contributed by atoms with E-state index in [0.29, 0.717) is 11.1 Å². The summed E-state index contributed by atoms with van der Waals surface area (Å²) in [7, 11) is 0. The average molecular weight is 536 g/mol. The average Bonchev–Trinajstić information content (AvgIpc) is 3.26. The Morgan fingerprint density at radius 1 is 1.03 bits per heavy atom. The molecule has 39 heavy (non-hydrogen) atoms. The van der Waals surface area contributed by atoms with Gasteiger partial charge in [-0.3, -0.25) is 5.32 Å². The van der Waals surface area contributed by atoms with Crippen molar-refractivity contribution in [3.05, 3.63) is 41.5 Å². The SMILES string of the molecule is CC(C)CCC[C@@H](C)[C@H]1CCC2C3CC=C4CC(OC(=O)Nc5ccc(CO)cc5)CC[C@]4(C)C3CC[C@@]21C. The number of hydrogen-bond donors (Lipinski definition) is 2. The molecule has 216 valence electrons. The summed E-state index contributed by atoms with van der Waals surface area (Å²) < 4.78 is 5.91. The lowest BCUT2D eigenvalue weighted by atomic mass is 9.47. The summed E-state index contributed by atoms with van der Waals surface area (Å²) in [5.74, 6) is 5.06. The molecule has 4 aliphatic carbocycles. The van der Waals surface area contributed by atoms with Gasteiger partial charge in [0.05, 0.1) is 6.61 Å². The number of nitrogens with one attached hydrogen (secondary N) is 1. The quantitative estimate of drug-likeness (QED) is 0.326. The fraction of sp³-hybridized carbons (Fsp3) is 0.743. The molecule has 0 saturated heterocycles. The summed E-state index contributed by atoms with van der Waals surface area (Å²) in [6.45, 7) is 12.5. The summed E-state index contributed by atoms with van der Waals surface area (Å²) in [6, 6.07) is 7.26. The summed E-state index contributed by atoms with van der Waals surface area (Å²) in [5, 5.41) is 12.1. The van der Waals surface area contributed by atoms with Crippen LogP contribution in [0.25, 0.3) is 0 Å². The predicted molar refractivity (Wildman–Crippen MR) is 159 cm³/mol. The van der Waals surface area contributed by atoms with Crippen molar-refractivity contribution in [1.29, 1.82) is 0 Å². The first-order valence-corrected chi connectivity index (χ1v) is 16.0. The maximum Gasteiger partial charge on any atom is 0.411 e. The van der Waals surface area contributed by atoms with Crippen LogP contribution in [0.15, 0.2) is 35.9 Å². The van der Waals surface area contributed by atoms with Gasteiger partial charge in [0, 0.05) is 12.1 Å². The number of allylic oxidation sites excluding steroid dienone is 1. The van der Waals surface area contributed by atoms with Crippen molar-refractivity contribution < 1.29 is 14.6 Å². The number of carbonyl (C=O) groups is 1. The maximum absolute atomic E-state index is 12.6. The van der Waals surface area contributed by atoms with E-state index in [0.717, 1.165) is 60.3 Å². The number of benzene rings is 1. The Bertz CT molecular complexity index is 1030. The lowest BCUT2D eigenvalue weighted by molar-refractivity contribution is -0.0577. The van der Waals surface area contributed by atoms with Crippen LogP contribution in [0.1, 0.15) is 111 Å². The molecule has 4 unspecified atom stereocenters. The van der Waals surface area contributed by atoms with Crippen molar-refractivity contribution in [2.24, 2.45) is 46.3 Å². The van der Waals surface area contributed by atoms with Gasteiger partial charge in [0.2, 0.25) is 0 Å². The summed E-state index contributed by atoms with van der Waals surface area (Å²) >= 11 is 0. The number of ether oxygens (including phenoxy) is 1. The van der Waals surface area contributed by atoms with Crippen LogP contribution in [0.2, 0.25) is 0 Å². The van der Waals surface area contributed by atoms with Gasteiger partial charge in [0.25, 0.3) is 0 Å². The van der Waals surface area contributed by atoms with Gasteiger partial charge in [-0.15, -0.1) is 0 Å². The number of carbonyl (C=O) groups excluding carboxylic acids is 1. The van der Waals surface area contributed by atoms with E-state index >= 15 is 0 Å². The minimum atomic E-state index is -0.373. The largest absolute Gasteiger partial charge is 0.446 e. The summed E-state index contributed by atoms with van der Waals surface area (Å²) in [5.41, 5.74) is 3.87. The Kier molecular flexibility index (Phi) is 8.53. The van der Waals surface area contributed by atoms with Gasteiger partial charge in [-0.1, -0.05) is 77.7 Å². The van der Waals surface area contributed by atoms with E-state index in [9.17, 15) is 9.90 Å². The fourth-order valence-electron chi connectivity index (χ4n) is 9.74. The first-order valence-electron chi connectivity index (χ1n) is 16.0. The Balaban J connectivity index is 1.20. The van der Waals surface area contributed by atoms with Crippen molar-refractivity contribution in [2.45, 2.75) is 118 Å². The lowest BCUT2D eigenvalue weighted by Gasteiger charge is -2.58. The molecule has 4 aliphatic rings. The second-order valence-corrected chi connectivity index (χ2v) is 14.5. The minimum Gasteiger partial charge on any atom is -0.446 e. The van der Waals surface area contributed by atoms with Gasteiger partial charge < -0.3 is 9.84 Å². The number of anilines is 1. The molecule has 2 N–H and O–H groups in total. The molecule has 0 bridgehead atoms. The molecule has 4 heteroatoms. The second kappa shape index (κ2) is 11.6. The molecular weight excluding hydrogens is 482 g/mol. The third-order valence-corrected chi connectivity index (χ3v) is 11.9. The third-order valence-electron chi connectivity index (χ3n) is 11.9. The van der Waals surface area contributed by atoms with E-state index in [1.165, 1.54) is 51.4 Å². The molecule has 5 rings (SSSR count). The van der Waals surface area contributed by atoms with E-state index < -0.39 is 0 Å². The van der Waals surface area contributed by atoms with Gasteiger partial charge in [0.15, 0.2) is 0 Å². The lowest BCUT2D eigenvalue weighted by Crippen LogP contribution is -2.51.